The fourth-order valence-electron chi connectivity index (χ4n) is 4.99. The molecule has 4 aromatic rings. The number of ether oxygens (including phenoxy) is 3. The Balaban J connectivity index is 1.80. The second-order valence-electron chi connectivity index (χ2n) is 9.99. The molecular formula is C33H31IN2O5S. The van der Waals surface area contributed by atoms with Crippen LogP contribution in [-0.4, -0.2) is 31.4 Å². The third kappa shape index (κ3) is 5.67. The average Bonchev–Trinajstić information content (AvgIpc) is 3.30. The van der Waals surface area contributed by atoms with Crippen molar-refractivity contribution in [3.05, 3.63) is 118 Å². The van der Waals surface area contributed by atoms with Gasteiger partial charge in [0.05, 0.1) is 46.2 Å². The van der Waals surface area contributed by atoms with Crippen molar-refractivity contribution in [2.45, 2.75) is 32.7 Å². The van der Waals surface area contributed by atoms with E-state index in [-0.39, 0.29) is 12.2 Å². The van der Waals surface area contributed by atoms with Crippen molar-refractivity contribution in [3.63, 3.8) is 0 Å². The molecule has 0 aliphatic carbocycles. The lowest BCUT2D eigenvalue weighted by Gasteiger charge is -2.26. The number of hydrogen-bond donors (Lipinski definition) is 0. The van der Waals surface area contributed by atoms with Gasteiger partial charge < -0.3 is 14.2 Å². The predicted molar refractivity (Wildman–Crippen MR) is 174 cm³/mol. The smallest absolute Gasteiger partial charge is 0.338 e. The number of carbonyl (C=O) groups is 1. The number of aromatic nitrogens is 1. The van der Waals surface area contributed by atoms with Crippen LogP contribution in [0, 0.1) is 3.57 Å². The first-order chi connectivity index (χ1) is 20.3. The average molecular weight is 695 g/mol. The van der Waals surface area contributed by atoms with Gasteiger partial charge in [0.2, 0.25) is 0 Å². The van der Waals surface area contributed by atoms with Gasteiger partial charge in [-0.25, -0.2) is 9.79 Å². The van der Waals surface area contributed by atoms with Gasteiger partial charge in [0.15, 0.2) is 16.3 Å². The highest BCUT2D eigenvalue weighted by Crippen LogP contribution is 2.36. The van der Waals surface area contributed by atoms with Crippen molar-refractivity contribution in [1.29, 1.82) is 0 Å². The summed E-state index contributed by atoms with van der Waals surface area (Å²) in [5.41, 5.74) is 4.12. The Morgan fingerprint density at radius 2 is 1.79 bits per heavy atom. The van der Waals surface area contributed by atoms with E-state index in [2.05, 4.69) is 36.4 Å². The number of hydrogen-bond acceptors (Lipinski definition) is 7. The quantitative estimate of drug-likeness (QED) is 0.175. The first-order valence-electron chi connectivity index (χ1n) is 13.6. The van der Waals surface area contributed by atoms with Crippen LogP contribution in [0.15, 0.2) is 82.1 Å². The molecule has 0 bridgehead atoms. The molecule has 0 saturated heterocycles. The molecule has 9 heteroatoms. The lowest BCUT2D eigenvalue weighted by atomic mass is 9.91. The van der Waals surface area contributed by atoms with E-state index in [0.717, 1.165) is 20.3 Å². The fraction of sp³-hybridized carbons (Fsp3) is 0.242. The van der Waals surface area contributed by atoms with Crippen LogP contribution in [0.1, 0.15) is 55.0 Å². The lowest BCUT2D eigenvalue weighted by Crippen LogP contribution is -2.40. The first kappa shape index (κ1) is 29.8. The second-order valence-corrected chi connectivity index (χ2v) is 12.2. The summed E-state index contributed by atoms with van der Waals surface area (Å²) in [6.07, 6.45) is 1.82. The number of fused-ring (bicyclic) bond motifs is 1. The number of esters is 1. The number of thiazole rings is 1. The van der Waals surface area contributed by atoms with Gasteiger partial charge in [-0.1, -0.05) is 79.8 Å². The molecule has 3 aromatic carbocycles. The van der Waals surface area contributed by atoms with Crippen LogP contribution in [0.3, 0.4) is 0 Å². The van der Waals surface area contributed by atoms with Crippen LogP contribution < -0.4 is 24.4 Å². The van der Waals surface area contributed by atoms with Crippen LogP contribution in [0.2, 0.25) is 0 Å². The van der Waals surface area contributed by atoms with E-state index >= 15 is 0 Å². The molecule has 0 unspecified atom stereocenters. The van der Waals surface area contributed by atoms with Crippen LogP contribution >= 0.6 is 33.9 Å². The summed E-state index contributed by atoms with van der Waals surface area (Å²) >= 11 is 3.47. The Morgan fingerprint density at radius 3 is 2.40 bits per heavy atom. The third-order valence-corrected chi connectivity index (χ3v) is 8.83. The Morgan fingerprint density at radius 1 is 1.07 bits per heavy atom. The summed E-state index contributed by atoms with van der Waals surface area (Å²) in [6, 6.07) is 20.7. The molecule has 42 heavy (non-hydrogen) atoms. The zero-order valence-corrected chi connectivity index (χ0v) is 27.0. The van der Waals surface area contributed by atoms with Crippen molar-refractivity contribution >= 4 is 51.7 Å². The van der Waals surface area contributed by atoms with Crippen LogP contribution in [0.25, 0.3) is 11.8 Å². The molecule has 0 saturated carbocycles. The van der Waals surface area contributed by atoms with Gasteiger partial charge in [0.25, 0.3) is 5.56 Å². The first-order valence-corrected chi connectivity index (χ1v) is 15.5. The highest BCUT2D eigenvalue weighted by atomic mass is 127. The number of nitrogens with zero attached hydrogens (tertiary/aromatic N) is 2. The number of carbonyl (C=O) groups excluding carboxylic acids is 1. The van der Waals surface area contributed by atoms with E-state index in [1.165, 1.54) is 16.9 Å². The van der Waals surface area contributed by atoms with Crippen molar-refractivity contribution in [3.8, 4) is 11.5 Å². The van der Waals surface area contributed by atoms with E-state index < -0.39 is 12.0 Å². The minimum atomic E-state index is -0.718. The molecule has 7 nitrogen and oxygen atoms in total. The molecule has 0 spiro atoms. The fourth-order valence-corrected chi connectivity index (χ4v) is 6.84. The number of benzene rings is 3. The summed E-state index contributed by atoms with van der Waals surface area (Å²) in [5, 5.41) is 0. The van der Waals surface area contributed by atoms with E-state index in [0.29, 0.717) is 38.0 Å². The predicted octanol–water partition coefficient (Wildman–Crippen LogP) is 5.68. The molecule has 0 N–H and O–H groups in total. The third-order valence-electron chi connectivity index (χ3n) is 7.05. The lowest BCUT2D eigenvalue weighted by molar-refractivity contribution is -0.138. The largest absolute Gasteiger partial charge is 0.493 e. The van der Waals surface area contributed by atoms with Gasteiger partial charge in [-0.2, -0.15) is 0 Å². The molecule has 0 radical (unpaired) electrons. The maximum absolute atomic E-state index is 14.2. The highest BCUT2D eigenvalue weighted by molar-refractivity contribution is 14.1. The molecule has 0 fully saturated rings. The van der Waals surface area contributed by atoms with Gasteiger partial charge in [0.1, 0.15) is 0 Å². The van der Waals surface area contributed by atoms with Gasteiger partial charge in [-0.15, -0.1) is 0 Å². The van der Waals surface area contributed by atoms with Crippen molar-refractivity contribution < 1.29 is 19.0 Å². The minimum absolute atomic E-state index is 0.200. The summed E-state index contributed by atoms with van der Waals surface area (Å²) in [5.74, 6) is 1.04. The zero-order valence-electron chi connectivity index (χ0n) is 24.0. The molecule has 216 valence electrons. The second kappa shape index (κ2) is 12.7. The summed E-state index contributed by atoms with van der Waals surface area (Å²) in [4.78, 5) is 33.2. The molecule has 2 heterocycles. The molecule has 1 aromatic heterocycles. The van der Waals surface area contributed by atoms with Gasteiger partial charge in [-0.3, -0.25) is 9.36 Å². The Labute approximate surface area is 261 Å². The molecular weight excluding hydrogens is 663 g/mol. The summed E-state index contributed by atoms with van der Waals surface area (Å²) in [6.45, 7) is 6.23. The van der Waals surface area contributed by atoms with E-state index in [4.69, 9.17) is 19.2 Å². The Kier molecular flexibility index (Phi) is 8.98. The SMILES string of the molecule is CCOC(=O)C1=C(c2ccccc2)N=c2s/c(=C\c3cc(I)c(OC)c(OC)c3)c(=O)n2[C@H]1c1ccc(C(C)C)cc1. The number of methoxy groups -OCH3 is 2. The summed E-state index contributed by atoms with van der Waals surface area (Å²) < 4.78 is 19.5. The van der Waals surface area contributed by atoms with Gasteiger partial charge in [-0.05, 0) is 70.3 Å². The van der Waals surface area contributed by atoms with E-state index in [1.807, 2.05) is 72.8 Å². The van der Waals surface area contributed by atoms with Crippen LogP contribution in [-0.2, 0) is 9.53 Å². The standard InChI is InChI=1S/C33H31IN2O5S/c1-6-41-32(38)27-28(22-10-8-7-9-11-22)35-33-36(29(27)23-14-12-21(13-15-23)19(2)3)31(37)26(42-33)18-20-16-24(34)30(40-5)25(17-20)39-4/h7-19,29H,6H2,1-5H3/b26-18-/t29-/m0/s1. The monoisotopic (exact) mass is 694 g/mol. The number of rotatable bonds is 8. The molecule has 5 rings (SSSR count). The highest BCUT2D eigenvalue weighted by Gasteiger charge is 2.35. The normalized spacial score (nSPS) is 14.9. The maximum atomic E-state index is 14.2. The molecule has 1 atom stereocenters. The molecule has 1 aliphatic rings. The summed E-state index contributed by atoms with van der Waals surface area (Å²) in [7, 11) is 3.18. The van der Waals surface area contributed by atoms with Crippen molar-refractivity contribution in [2.75, 3.05) is 20.8 Å². The molecule has 1 aliphatic heterocycles. The van der Waals surface area contributed by atoms with Gasteiger partial charge >= 0.3 is 5.97 Å². The minimum Gasteiger partial charge on any atom is -0.493 e. The van der Waals surface area contributed by atoms with Crippen LogP contribution in [0.5, 0.6) is 11.5 Å². The van der Waals surface area contributed by atoms with Crippen molar-refractivity contribution in [1.82, 2.24) is 4.57 Å². The van der Waals surface area contributed by atoms with E-state index in [1.54, 1.807) is 25.7 Å². The topological polar surface area (TPSA) is 79.1 Å². The van der Waals surface area contributed by atoms with Crippen LogP contribution in [0.4, 0.5) is 0 Å². The van der Waals surface area contributed by atoms with Crippen molar-refractivity contribution in [2.24, 2.45) is 4.99 Å². The Bertz CT molecular complexity index is 1840. The Hall–Kier alpha value is -3.70. The number of halogens is 1. The maximum Gasteiger partial charge on any atom is 0.338 e. The van der Waals surface area contributed by atoms with Gasteiger partial charge in [0, 0.05) is 5.56 Å². The van der Waals surface area contributed by atoms with E-state index in [9.17, 15) is 9.59 Å². The molecule has 0 amide bonds. The zero-order chi connectivity index (χ0) is 30.0.